The monoisotopic (exact) mass is 409 g/mol. The fraction of sp³-hybridized carbons (Fsp3) is 0.235. The molecular formula is C17H17Br2NO. The summed E-state index contributed by atoms with van der Waals surface area (Å²) in [6.07, 6.45) is 0. The van der Waals surface area contributed by atoms with Gasteiger partial charge in [0.1, 0.15) is 0 Å². The van der Waals surface area contributed by atoms with E-state index in [0.717, 1.165) is 8.95 Å². The summed E-state index contributed by atoms with van der Waals surface area (Å²) in [7, 11) is 0. The second kappa shape index (κ2) is 7.23. The number of aryl methyl sites for hydroxylation is 1. The summed E-state index contributed by atoms with van der Waals surface area (Å²) in [6.45, 7) is 5.38. The van der Waals surface area contributed by atoms with E-state index in [1.807, 2.05) is 42.2 Å². The number of hydrogen-bond donors (Lipinski definition) is 0. The van der Waals surface area contributed by atoms with Crippen molar-refractivity contribution in [3.63, 3.8) is 0 Å². The fourth-order valence-electron chi connectivity index (χ4n) is 2.15. The Balaban J connectivity index is 2.25. The predicted octanol–water partition coefficient (Wildman–Crippen LogP) is 5.18. The fourth-order valence-corrected chi connectivity index (χ4v) is 3.37. The van der Waals surface area contributed by atoms with Crippen LogP contribution in [0, 0.1) is 6.92 Å². The summed E-state index contributed by atoms with van der Waals surface area (Å²) in [5.41, 5.74) is 3.08. The molecule has 0 saturated heterocycles. The van der Waals surface area contributed by atoms with E-state index in [2.05, 4.69) is 50.9 Å². The lowest BCUT2D eigenvalue weighted by Gasteiger charge is -2.22. The van der Waals surface area contributed by atoms with Crippen molar-refractivity contribution in [3.8, 4) is 0 Å². The Bertz CT molecular complexity index is 655. The third kappa shape index (κ3) is 3.95. The molecule has 2 aromatic rings. The first-order valence-corrected chi connectivity index (χ1v) is 8.40. The first kappa shape index (κ1) is 16.2. The minimum atomic E-state index is 0.0418. The summed E-state index contributed by atoms with van der Waals surface area (Å²) in [5.74, 6) is 0.0418. The van der Waals surface area contributed by atoms with Gasteiger partial charge in [-0.1, -0.05) is 40.2 Å². The van der Waals surface area contributed by atoms with Gasteiger partial charge in [0.25, 0.3) is 5.91 Å². The van der Waals surface area contributed by atoms with Crippen molar-refractivity contribution < 1.29 is 4.79 Å². The van der Waals surface area contributed by atoms with Crippen LogP contribution in [0.2, 0.25) is 0 Å². The number of nitrogens with zero attached hydrogens (tertiary/aromatic N) is 1. The zero-order chi connectivity index (χ0) is 15.4. The first-order valence-electron chi connectivity index (χ1n) is 6.81. The average Bonchev–Trinajstić information content (AvgIpc) is 2.46. The molecule has 0 bridgehead atoms. The third-order valence-electron chi connectivity index (χ3n) is 3.45. The van der Waals surface area contributed by atoms with Crippen LogP contribution in [0.1, 0.15) is 28.4 Å². The number of carbonyl (C=O) groups is 1. The Hall–Kier alpha value is -1.13. The van der Waals surface area contributed by atoms with E-state index in [1.54, 1.807) is 0 Å². The number of halogens is 2. The maximum Gasteiger partial charge on any atom is 0.255 e. The molecule has 2 nitrogen and oxygen atoms in total. The minimum absolute atomic E-state index is 0.0418. The van der Waals surface area contributed by atoms with Crippen molar-refractivity contribution in [3.05, 3.63) is 68.1 Å². The van der Waals surface area contributed by atoms with Gasteiger partial charge in [-0.25, -0.2) is 0 Å². The second-order valence-electron chi connectivity index (χ2n) is 4.87. The zero-order valence-corrected chi connectivity index (χ0v) is 15.2. The van der Waals surface area contributed by atoms with E-state index >= 15 is 0 Å². The van der Waals surface area contributed by atoms with Gasteiger partial charge in [-0.2, -0.15) is 0 Å². The van der Waals surface area contributed by atoms with Crippen molar-refractivity contribution in [2.75, 3.05) is 6.54 Å². The lowest BCUT2D eigenvalue weighted by Crippen LogP contribution is -2.30. The van der Waals surface area contributed by atoms with Gasteiger partial charge in [-0.05, 0) is 59.1 Å². The number of benzene rings is 2. The van der Waals surface area contributed by atoms with E-state index in [1.165, 1.54) is 11.1 Å². The van der Waals surface area contributed by atoms with Gasteiger partial charge in [0.05, 0.1) is 5.56 Å². The average molecular weight is 411 g/mol. The summed E-state index contributed by atoms with van der Waals surface area (Å²) in [4.78, 5) is 14.6. The molecule has 110 valence electrons. The lowest BCUT2D eigenvalue weighted by atomic mass is 10.1. The zero-order valence-electron chi connectivity index (χ0n) is 12.1. The summed E-state index contributed by atoms with van der Waals surface area (Å²) >= 11 is 6.88. The van der Waals surface area contributed by atoms with Crippen LogP contribution in [0.15, 0.2) is 51.4 Å². The van der Waals surface area contributed by atoms with Gasteiger partial charge >= 0.3 is 0 Å². The molecule has 2 aromatic carbocycles. The Morgan fingerprint density at radius 2 is 1.86 bits per heavy atom. The molecule has 2 rings (SSSR count). The molecule has 0 aliphatic carbocycles. The van der Waals surface area contributed by atoms with Crippen LogP contribution < -0.4 is 0 Å². The highest BCUT2D eigenvalue weighted by Gasteiger charge is 2.17. The molecule has 0 heterocycles. The molecule has 0 radical (unpaired) electrons. The van der Waals surface area contributed by atoms with Gasteiger partial charge in [0, 0.05) is 22.0 Å². The minimum Gasteiger partial charge on any atom is -0.335 e. The number of amides is 1. The summed E-state index contributed by atoms with van der Waals surface area (Å²) < 4.78 is 1.76. The van der Waals surface area contributed by atoms with Crippen LogP contribution in [0.3, 0.4) is 0 Å². The normalized spacial score (nSPS) is 10.5. The van der Waals surface area contributed by atoms with Crippen LogP contribution >= 0.6 is 31.9 Å². The molecule has 1 amide bonds. The molecule has 0 saturated carbocycles. The highest BCUT2D eigenvalue weighted by atomic mass is 79.9. The van der Waals surface area contributed by atoms with E-state index in [9.17, 15) is 4.79 Å². The van der Waals surface area contributed by atoms with Gasteiger partial charge in [-0.3, -0.25) is 4.79 Å². The lowest BCUT2D eigenvalue weighted by molar-refractivity contribution is 0.0751. The molecule has 0 aromatic heterocycles. The second-order valence-corrected chi connectivity index (χ2v) is 6.64. The van der Waals surface area contributed by atoms with Crippen LogP contribution in [0.5, 0.6) is 0 Å². The number of hydrogen-bond acceptors (Lipinski definition) is 1. The van der Waals surface area contributed by atoms with Crippen LogP contribution in [-0.4, -0.2) is 17.4 Å². The molecule has 0 spiro atoms. The van der Waals surface area contributed by atoms with Crippen molar-refractivity contribution in [2.24, 2.45) is 0 Å². The topological polar surface area (TPSA) is 20.3 Å². The largest absolute Gasteiger partial charge is 0.335 e. The smallest absolute Gasteiger partial charge is 0.255 e. The quantitative estimate of drug-likeness (QED) is 0.679. The molecule has 0 N–H and O–H groups in total. The molecule has 0 unspecified atom stereocenters. The molecular weight excluding hydrogens is 394 g/mol. The predicted molar refractivity (Wildman–Crippen MR) is 93.4 cm³/mol. The SMILES string of the molecule is CCN(Cc1ccccc1C)C(=O)c1ccc(Br)cc1Br. The van der Waals surface area contributed by atoms with Crippen molar-refractivity contribution in [2.45, 2.75) is 20.4 Å². The van der Waals surface area contributed by atoms with Gasteiger partial charge in [0.15, 0.2) is 0 Å². The Labute approximate surface area is 142 Å². The standard InChI is InChI=1S/C17H17Br2NO/c1-3-20(11-13-7-5-4-6-12(13)2)17(21)15-9-8-14(18)10-16(15)19/h4-10H,3,11H2,1-2H3. The number of carbonyl (C=O) groups excluding carboxylic acids is 1. The highest BCUT2D eigenvalue weighted by molar-refractivity contribution is 9.11. The maximum absolute atomic E-state index is 12.7. The highest BCUT2D eigenvalue weighted by Crippen LogP contribution is 2.24. The van der Waals surface area contributed by atoms with Crippen molar-refractivity contribution in [1.29, 1.82) is 0 Å². The molecule has 0 aliphatic rings. The molecule has 0 aliphatic heterocycles. The van der Waals surface area contributed by atoms with Crippen LogP contribution in [0.25, 0.3) is 0 Å². The summed E-state index contributed by atoms with van der Waals surface area (Å²) in [6, 6.07) is 13.8. The summed E-state index contributed by atoms with van der Waals surface area (Å²) in [5, 5.41) is 0. The molecule has 21 heavy (non-hydrogen) atoms. The van der Waals surface area contributed by atoms with Gasteiger partial charge < -0.3 is 4.90 Å². The van der Waals surface area contributed by atoms with Gasteiger partial charge in [-0.15, -0.1) is 0 Å². The Morgan fingerprint density at radius 1 is 1.14 bits per heavy atom. The molecule has 4 heteroatoms. The van der Waals surface area contributed by atoms with Crippen molar-refractivity contribution in [1.82, 2.24) is 4.90 Å². The number of rotatable bonds is 4. The third-order valence-corrected chi connectivity index (χ3v) is 4.60. The maximum atomic E-state index is 12.7. The Kier molecular flexibility index (Phi) is 5.59. The van der Waals surface area contributed by atoms with E-state index < -0.39 is 0 Å². The van der Waals surface area contributed by atoms with E-state index in [4.69, 9.17) is 0 Å². The van der Waals surface area contributed by atoms with E-state index in [0.29, 0.717) is 18.7 Å². The Morgan fingerprint density at radius 3 is 2.48 bits per heavy atom. The molecule has 0 fully saturated rings. The molecule has 0 atom stereocenters. The van der Waals surface area contributed by atoms with Gasteiger partial charge in [0.2, 0.25) is 0 Å². The van der Waals surface area contributed by atoms with Crippen LogP contribution in [0.4, 0.5) is 0 Å². The van der Waals surface area contributed by atoms with Crippen molar-refractivity contribution >= 4 is 37.8 Å². The van der Waals surface area contributed by atoms with E-state index in [-0.39, 0.29) is 5.91 Å². The van der Waals surface area contributed by atoms with Crippen LogP contribution in [-0.2, 0) is 6.54 Å². The first-order chi connectivity index (χ1) is 10.0.